The van der Waals surface area contributed by atoms with Crippen molar-refractivity contribution < 1.29 is 4.79 Å². The molecule has 2 aromatic rings. The van der Waals surface area contributed by atoms with Gasteiger partial charge in [0.1, 0.15) is 0 Å². The lowest BCUT2D eigenvalue weighted by Crippen LogP contribution is -2.10. The van der Waals surface area contributed by atoms with Gasteiger partial charge in [0.05, 0.1) is 11.8 Å². The minimum atomic E-state index is -0.179. The molecule has 0 unspecified atom stereocenters. The summed E-state index contributed by atoms with van der Waals surface area (Å²) in [5.41, 5.74) is 1.26. The van der Waals surface area contributed by atoms with Crippen molar-refractivity contribution >= 4 is 27.5 Å². The van der Waals surface area contributed by atoms with Gasteiger partial charge >= 0.3 is 0 Å². The predicted octanol–water partition coefficient (Wildman–Crippen LogP) is 2.42. The lowest BCUT2D eigenvalue weighted by Gasteiger charge is -2.03. The third-order valence-corrected chi connectivity index (χ3v) is 2.34. The van der Waals surface area contributed by atoms with E-state index in [-0.39, 0.29) is 5.91 Å². The quantitative estimate of drug-likeness (QED) is 0.877. The van der Waals surface area contributed by atoms with Gasteiger partial charge in [0.25, 0.3) is 5.91 Å². The summed E-state index contributed by atoms with van der Waals surface area (Å²) >= 11 is 3.33. The van der Waals surface area contributed by atoms with Crippen LogP contribution in [0.5, 0.6) is 0 Å². The molecule has 2 rings (SSSR count). The second-order valence-corrected chi connectivity index (χ2v) is 3.87. The van der Waals surface area contributed by atoms with Crippen LogP contribution in [-0.4, -0.2) is 16.1 Å². The molecule has 0 bridgehead atoms. The zero-order valence-corrected chi connectivity index (χ0v) is 9.28. The van der Waals surface area contributed by atoms with E-state index in [4.69, 9.17) is 0 Å². The number of amides is 1. The standard InChI is InChI=1S/C10H8BrN3O/c11-8-2-1-3-9(4-8)14-10(15)7-5-12-13-6-7/h1-6H,(H,12,13)(H,14,15). The highest BCUT2D eigenvalue weighted by Crippen LogP contribution is 2.16. The van der Waals surface area contributed by atoms with E-state index in [0.29, 0.717) is 5.56 Å². The Morgan fingerprint density at radius 3 is 3.00 bits per heavy atom. The lowest BCUT2D eigenvalue weighted by molar-refractivity contribution is 0.102. The van der Waals surface area contributed by atoms with Gasteiger partial charge in [-0.25, -0.2) is 0 Å². The van der Waals surface area contributed by atoms with Crippen LogP contribution in [0.1, 0.15) is 10.4 Å². The van der Waals surface area contributed by atoms with Crippen molar-refractivity contribution in [3.63, 3.8) is 0 Å². The van der Waals surface area contributed by atoms with Gasteiger partial charge in [0, 0.05) is 16.4 Å². The van der Waals surface area contributed by atoms with Crippen LogP contribution in [0, 0.1) is 0 Å². The summed E-state index contributed by atoms with van der Waals surface area (Å²) in [7, 11) is 0. The number of rotatable bonds is 2. The number of hydrogen-bond acceptors (Lipinski definition) is 2. The van der Waals surface area contributed by atoms with Crippen molar-refractivity contribution in [2.24, 2.45) is 0 Å². The van der Waals surface area contributed by atoms with Crippen LogP contribution in [-0.2, 0) is 0 Å². The Hall–Kier alpha value is -1.62. The minimum Gasteiger partial charge on any atom is -0.322 e. The fourth-order valence-corrected chi connectivity index (χ4v) is 1.54. The maximum atomic E-state index is 11.6. The first-order valence-electron chi connectivity index (χ1n) is 4.31. The van der Waals surface area contributed by atoms with Crippen LogP contribution in [0.3, 0.4) is 0 Å². The number of halogens is 1. The van der Waals surface area contributed by atoms with E-state index in [2.05, 4.69) is 31.4 Å². The molecule has 4 nitrogen and oxygen atoms in total. The van der Waals surface area contributed by atoms with Gasteiger partial charge in [-0.15, -0.1) is 0 Å². The number of benzene rings is 1. The van der Waals surface area contributed by atoms with Crippen LogP contribution in [0.4, 0.5) is 5.69 Å². The van der Waals surface area contributed by atoms with Crippen LogP contribution < -0.4 is 5.32 Å². The summed E-state index contributed by atoms with van der Waals surface area (Å²) in [5.74, 6) is -0.179. The Balaban J connectivity index is 2.13. The predicted molar refractivity (Wildman–Crippen MR) is 60.7 cm³/mol. The first-order chi connectivity index (χ1) is 7.25. The lowest BCUT2D eigenvalue weighted by atomic mass is 10.3. The number of carbonyl (C=O) groups is 1. The van der Waals surface area contributed by atoms with Gasteiger partial charge < -0.3 is 5.32 Å². The monoisotopic (exact) mass is 265 g/mol. The van der Waals surface area contributed by atoms with E-state index in [1.807, 2.05) is 24.3 Å². The molecule has 1 aromatic heterocycles. The summed E-state index contributed by atoms with van der Waals surface area (Å²) in [6, 6.07) is 7.41. The number of anilines is 1. The molecule has 76 valence electrons. The van der Waals surface area contributed by atoms with E-state index < -0.39 is 0 Å². The molecule has 0 radical (unpaired) electrons. The van der Waals surface area contributed by atoms with Crippen LogP contribution in [0.2, 0.25) is 0 Å². The van der Waals surface area contributed by atoms with Gasteiger partial charge in [0.2, 0.25) is 0 Å². The van der Waals surface area contributed by atoms with E-state index in [9.17, 15) is 4.79 Å². The molecule has 1 aromatic carbocycles. The number of aromatic nitrogens is 2. The molecule has 15 heavy (non-hydrogen) atoms. The summed E-state index contributed by atoms with van der Waals surface area (Å²) in [4.78, 5) is 11.6. The average molecular weight is 266 g/mol. The van der Waals surface area contributed by atoms with Crippen molar-refractivity contribution in [2.45, 2.75) is 0 Å². The highest BCUT2D eigenvalue weighted by atomic mass is 79.9. The zero-order valence-electron chi connectivity index (χ0n) is 7.70. The fourth-order valence-electron chi connectivity index (χ4n) is 1.14. The highest BCUT2D eigenvalue weighted by molar-refractivity contribution is 9.10. The zero-order chi connectivity index (χ0) is 10.7. The van der Waals surface area contributed by atoms with Crippen molar-refractivity contribution in [1.29, 1.82) is 0 Å². The van der Waals surface area contributed by atoms with Crippen LogP contribution >= 0.6 is 15.9 Å². The van der Waals surface area contributed by atoms with Crippen molar-refractivity contribution in [3.05, 3.63) is 46.7 Å². The molecular weight excluding hydrogens is 258 g/mol. The van der Waals surface area contributed by atoms with E-state index in [1.54, 1.807) is 6.20 Å². The van der Waals surface area contributed by atoms with Crippen LogP contribution in [0.25, 0.3) is 0 Å². The van der Waals surface area contributed by atoms with Crippen LogP contribution in [0.15, 0.2) is 41.1 Å². The largest absolute Gasteiger partial charge is 0.322 e. The average Bonchev–Trinajstić information content (AvgIpc) is 2.70. The molecule has 1 amide bonds. The summed E-state index contributed by atoms with van der Waals surface area (Å²) in [5, 5.41) is 9.05. The number of hydrogen-bond donors (Lipinski definition) is 2. The highest BCUT2D eigenvalue weighted by Gasteiger charge is 2.06. The Bertz CT molecular complexity index is 467. The second kappa shape index (κ2) is 4.27. The normalized spacial score (nSPS) is 9.93. The maximum absolute atomic E-state index is 11.6. The topological polar surface area (TPSA) is 57.8 Å². The van der Waals surface area contributed by atoms with Gasteiger partial charge in [0.15, 0.2) is 0 Å². The van der Waals surface area contributed by atoms with Gasteiger partial charge in [-0.2, -0.15) is 5.10 Å². The third kappa shape index (κ3) is 2.44. The van der Waals surface area contributed by atoms with E-state index in [1.165, 1.54) is 6.20 Å². The number of nitrogens with one attached hydrogen (secondary N) is 2. The molecule has 1 heterocycles. The Morgan fingerprint density at radius 2 is 2.33 bits per heavy atom. The van der Waals surface area contributed by atoms with Crippen molar-refractivity contribution in [3.8, 4) is 0 Å². The molecule has 0 fully saturated rings. The van der Waals surface area contributed by atoms with Gasteiger partial charge in [-0.1, -0.05) is 22.0 Å². The number of carbonyl (C=O) groups excluding carboxylic acids is 1. The molecule has 0 aliphatic carbocycles. The van der Waals surface area contributed by atoms with E-state index >= 15 is 0 Å². The third-order valence-electron chi connectivity index (χ3n) is 1.84. The molecule has 0 aliphatic rings. The molecule has 0 aliphatic heterocycles. The molecule has 5 heteroatoms. The summed E-state index contributed by atoms with van der Waals surface area (Å²) in [6.45, 7) is 0. The Morgan fingerprint density at radius 1 is 1.47 bits per heavy atom. The SMILES string of the molecule is O=C(Nc1cccc(Br)c1)c1cn[nH]c1. The fraction of sp³-hybridized carbons (Fsp3) is 0. The maximum Gasteiger partial charge on any atom is 0.258 e. The molecule has 0 spiro atoms. The molecule has 0 saturated carbocycles. The number of H-pyrrole nitrogens is 1. The van der Waals surface area contributed by atoms with E-state index in [0.717, 1.165) is 10.2 Å². The number of nitrogens with zero attached hydrogens (tertiary/aromatic N) is 1. The molecule has 0 atom stereocenters. The Labute approximate surface area is 94.8 Å². The summed E-state index contributed by atoms with van der Waals surface area (Å²) in [6.07, 6.45) is 3.03. The number of aromatic amines is 1. The smallest absolute Gasteiger partial charge is 0.258 e. The molecule has 2 N–H and O–H groups in total. The van der Waals surface area contributed by atoms with Crippen molar-refractivity contribution in [1.82, 2.24) is 10.2 Å². The first-order valence-corrected chi connectivity index (χ1v) is 5.11. The van der Waals surface area contributed by atoms with Crippen molar-refractivity contribution in [2.75, 3.05) is 5.32 Å². The summed E-state index contributed by atoms with van der Waals surface area (Å²) < 4.78 is 0.924. The minimum absolute atomic E-state index is 0.179. The Kier molecular flexibility index (Phi) is 2.82. The first kappa shape index (κ1) is 9.92. The molecular formula is C10H8BrN3O. The molecule has 0 saturated heterocycles. The van der Waals surface area contributed by atoms with Gasteiger partial charge in [-0.05, 0) is 18.2 Å². The van der Waals surface area contributed by atoms with Gasteiger partial charge in [-0.3, -0.25) is 9.89 Å². The second-order valence-electron chi connectivity index (χ2n) is 2.95.